The second-order valence-electron chi connectivity index (χ2n) is 6.24. The summed E-state index contributed by atoms with van der Waals surface area (Å²) in [7, 11) is 0. The van der Waals surface area contributed by atoms with Crippen LogP contribution in [0.3, 0.4) is 0 Å². The molecule has 0 bridgehead atoms. The number of aliphatic hydroxyl groups is 1. The molecular formula is C22H16ClNO3. The average Bonchev–Trinajstić information content (AvgIpc) is 2.69. The van der Waals surface area contributed by atoms with Crippen molar-refractivity contribution in [3.8, 4) is 28.0 Å². The van der Waals surface area contributed by atoms with Gasteiger partial charge in [-0.25, -0.2) is 0 Å². The predicted molar refractivity (Wildman–Crippen MR) is 108 cm³/mol. The van der Waals surface area contributed by atoms with Crippen LogP contribution in [0.15, 0.2) is 71.5 Å². The van der Waals surface area contributed by atoms with Gasteiger partial charge in [-0.3, -0.25) is 4.79 Å². The molecule has 0 spiro atoms. The largest absolute Gasteiger partial charge is 0.506 e. The Balaban J connectivity index is 2.01. The third-order valence-electron chi connectivity index (χ3n) is 4.60. The number of hydrogen-bond acceptors (Lipinski definition) is 3. The highest BCUT2D eigenvalue weighted by atomic mass is 35.5. The van der Waals surface area contributed by atoms with E-state index >= 15 is 0 Å². The Morgan fingerprint density at radius 2 is 1.52 bits per heavy atom. The number of aromatic hydroxyl groups is 1. The van der Waals surface area contributed by atoms with Gasteiger partial charge in [-0.2, -0.15) is 0 Å². The van der Waals surface area contributed by atoms with Crippen LogP contribution in [-0.4, -0.2) is 15.2 Å². The lowest BCUT2D eigenvalue weighted by Gasteiger charge is -2.13. The third-order valence-corrected chi connectivity index (χ3v) is 4.91. The highest BCUT2D eigenvalue weighted by Gasteiger charge is 2.18. The first-order valence-electron chi connectivity index (χ1n) is 8.43. The Morgan fingerprint density at radius 3 is 2.19 bits per heavy atom. The number of rotatable bonds is 3. The van der Waals surface area contributed by atoms with Crippen LogP contribution in [0.25, 0.3) is 33.2 Å². The van der Waals surface area contributed by atoms with E-state index in [4.69, 9.17) is 11.6 Å². The van der Waals surface area contributed by atoms with E-state index in [1.165, 1.54) is 0 Å². The Kier molecular flexibility index (Phi) is 4.44. The topological polar surface area (TPSA) is 73.3 Å². The Labute approximate surface area is 160 Å². The van der Waals surface area contributed by atoms with Gasteiger partial charge in [0.1, 0.15) is 5.75 Å². The van der Waals surface area contributed by atoms with Gasteiger partial charge in [-0.15, -0.1) is 0 Å². The number of hydrogen-bond donors (Lipinski definition) is 3. The first kappa shape index (κ1) is 17.3. The van der Waals surface area contributed by atoms with Crippen LogP contribution in [0, 0.1) is 0 Å². The number of pyridine rings is 1. The van der Waals surface area contributed by atoms with Crippen LogP contribution >= 0.6 is 11.6 Å². The average molecular weight is 378 g/mol. The highest BCUT2D eigenvalue weighted by molar-refractivity contribution is 6.35. The molecule has 0 radical (unpaired) electrons. The maximum Gasteiger partial charge on any atom is 0.260 e. The van der Waals surface area contributed by atoms with E-state index in [9.17, 15) is 15.0 Å². The molecule has 0 amide bonds. The molecule has 0 saturated heterocycles. The van der Waals surface area contributed by atoms with Crippen LogP contribution in [-0.2, 0) is 6.61 Å². The maximum atomic E-state index is 12.8. The molecule has 0 fully saturated rings. The zero-order chi connectivity index (χ0) is 19.0. The summed E-state index contributed by atoms with van der Waals surface area (Å²) in [5.41, 5.74) is 3.14. The molecule has 3 aromatic carbocycles. The first-order chi connectivity index (χ1) is 13.1. The molecule has 0 aliphatic heterocycles. The van der Waals surface area contributed by atoms with E-state index in [1.54, 1.807) is 36.4 Å². The second kappa shape index (κ2) is 6.91. The molecule has 0 atom stereocenters. The molecule has 0 aliphatic carbocycles. The van der Waals surface area contributed by atoms with Crippen molar-refractivity contribution in [3.05, 3.63) is 87.7 Å². The molecule has 1 aromatic heterocycles. The molecule has 4 rings (SSSR count). The molecule has 0 unspecified atom stereocenters. The Hall–Kier alpha value is -3.08. The fraction of sp³-hybridized carbons (Fsp3) is 0.0455. The van der Waals surface area contributed by atoms with E-state index < -0.39 is 0 Å². The van der Waals surface area contributed by atoms with Crippen molar-refractivity contribution in [2.24, 2.45) is 0 Å². The molecule has 4 nitrogen and oxygen atoms in total. The van der Waals surface area contributed by atoms with Gasteiger partial charge in [0.25, 0.3) is 5.56 Å². The van der Waals surface area contributed by atoms with Crippen molar-refractivity contribution < 1.29 is 10.2 Å². The van der Waals surface area contributed by atoms with Crippen molar-refractivity contribution in [1.29, 1.82) is 0 Å². The van der Waals surface area contributed by atoms with E-state index in [1.807, 2.05) is 30.3 Å². The maximum absolute atomic E-state index is 12.8. The van der Waals surface area contributed by atoms with E-state index in [-0.39, 0.29) is 23.5 Å². The minimum Gasteiger partial charge on any atom is -0.506 e. The van der Waals surface area contributed by atoms with Gasteiger partial charge >= 0.3 is 0 Å². The van der Waals surface area contributed by atoms with Gasteiger partial charge in [-0.1, -0.05) is 66.2 Å². The Morgan fingerprint density at radius 1 is 0.852 bits per heavy atom. The summed E-state index contributed by atoms with van der Waals surface area (Å²) in [6.07, 6.45) is 0. The molecule has 27 heavy (non-hydrogen) atoms. The van der Waals surface area contributed by atoms with Crippen molar-refractivity contribution >= 4 is 22.5 Å². The lowest BCUT2D eigenvalue weighted by molar-refractivity contribution is 0.282. The highest BCUT2D eigenvalue weighted by Crippen LogP contribution is 2.39. The zero-order valence-corrected chi connectivity index (χ0v) is 15.0. The van der Waals surface area contributed by atoms with Crippen molar-refractivity contribution in [2.75, 3.05) is 0 Å². The van der Waals surface area contributed by atoms with E-state index in [2.05, 4.69) is 4.98 Å². The molecule has 5 heteroatoms. The zero-order valence-electron chi connectivity index (χ0n) is 14.2. The standard InChI is InChI=1S/C22H16ClNO3/c23-17-11-10-16-20(18(17)15-8-6-13(12-25)7-9-15)24-22(27)19(21(16)26)14-4-2-1-3-5-14/h1-11,25H,12H2,(H2,24,26,27). The van der Waals surface area contributed by atoms with Crippen LogP contribution in [0.5, 0.6) is 5.75 Å². The number of aromatic nitrogens is 1. The number of halogens is 1. The second-order valence-corrected chi connectivity index (χ2v) is 6.65. The summed E-state index contributed by atoms with van der Waals surface area (Å²) in [4.78, 5) is 15.6. The van der Waals surface area contributed by atoms with Crippen molar-refractivity contribution in [2.45, 2.75) is 6.61 Å². The summed E-state index contributed by atoms with van der Waals surface area (Å²) >= 11 is 6.42. The first-order valence-corrected chi connectivity index (χ1v) is 8.81. The Bertz CT molecular complexity index is 1180. The molecule has 0 aliphatic rings. The molecule has 1 heterocycles. The minimum absolute atomic E-state index is 0.0540. The number of aliphatic hydroxyl groups excluding tert-OH is 1. The summed E-state index contributed by atoms with van der Waals surface area (Å²) in [6.45, 7) is -0.0540. The lowest BCUT2D eigenvalue weighted by atomic mass is 9.97. The predicted octanol–water partition coefficient (Wildman–Crippen LogP) is 4.71. The van der Waals surface area contributed by atoms with Crippen molar-refractivity contribution in [3.63, 3.8) is 0 Å². The number of fused-ring (bicyclic) bond motifs is 1. The molecular weight excluding hydrogens is 362 g/mol. The summed E-state index contributed by atoms with van der Waals surface area (Å²) in [5, 5.41) is 21.0. The number of nitrogens with one attached hydrogen (secondary N) is 1. The van der Waals surface area contributed by atoms with Crippen LogP contribution < -0.4 is 5.56 Å². The molecule has 4 aromatic rings. The number of H-pyrrole nitrogens is 1. The summed E-state index contributed by atoms with van der Waals surface area (Å²) < 4.78 is 0. The van der Waals surface area contributed by atoms with Crippen LogP contribution in [0.2, 0.25) is 5.02 Å². The number of aromatic amines is 1. The van der Waals surface area contributed by atoms with Gasteiger partial charge in [0.2, 0.25) is 0 Å². The smallest absolute Gasteiger partial charge is 0.260 e. The van der Waals surface area contributed by atoms with Gasteiger partial charge in [0.15, 0.2) is 0 Å². The van der Waals surface area contributed by atoms with Crippen LogP contribution in [0.4, 0.5) is 0 Å². The third kappa shape index (κ3) is 2.99. The minimum atomic E-state index is -0.387. The molecule has 3 N–H and O–H groups in total. The van der Waals surface area contributed by atoms with E-state index in [0.717, 1.165) is 11.1 Å². The van der Waals surface area contributed by atoms with E-state index in [0.29, 0.717) is 27.1 Å². The molecule has 134 valence electrons. The van der Waals surface area contributed by atoms with Crippen molar-refractivity contribution in [1.82, 2.24) is 4.98 Å². The fourth-order valence-corrected chi connectivity index (χ4v) is 3.52. The quantitative estimate of drug-likeness (QED) is 0.484. The van der Waals surface area contributed by atoms with Gasteiger partial charge in [-0.05, 0) is 28.8 Å². The summed E-state index contributed by atoms with van der Waals surface area (Å²) in [6, 6.07) is 19.7. The van der Waals surface area contributed by atoms with Gasteiger partial charge < -0.3 is 15.2 Å². The lowest BCUT2D eigenvalue weighted by Crippen LogP contribution is -2.10. The SMILES string of the molecule is O=c1[nH]c2c(-c3ccc(CO)cc3)c(Cl)ccc2c(O)c1-c1ccccc1. The summed E-state index contributed by atoms with van der Waals surface area (Å²) in [5.74, 6) is -0.0788. The fourth-order valence-electron chi connectivity index (χ4n) is 3.25. The monoisotopic (exact) mass is 377 g/mol. The van der Waals surface area contributed by atoms with Crippen LogP contribution in [0.1, 0.15) is 5.56 Å². The van der Waals surface area contributed by atoms with Gasteiger partial charge in [0.05, 0.1) is 22.7 Å². The molecule has 0 saturated carbocycles. The normalized spacial score (nSPS) is 11.0. The number of benzene rings is 3. The van der Waals surface area contributed by atoms with Gasteiger partial charge in [0, 0.05) is 10.9 Å².